The van der Waals surface area contributed by atoms with Crippen molar-refractivity contribution in [1.29, 1.82) is 0 Å². The van der Waals surface area contributed by atoms with Crippen molar-refractivity contribution in [3.05, 3.63) is 95.6 Å². The van der Waals surface area contributed by atoms with E-state index in [-0.39, 0.29) is 24.6 Å². The second-order valence-electron chi connectivity index (χ2n) is 9.28. The topological polar surface area (TPSA) is 96.0 Å². The van der Waals surface area contributed by atoms with Gasteiger partial charge in [0.1, 0.15) is 18.3 Å². The monoisotopic (exact) mass is 551 g/mol. The van der Waals surface area contributed by atoms with E-state index in [0.29, 0.717) is 18.9 Å². The molecule has 39 heavy (non-hydrogen) atoms. The fourth-order valence-corrected chi connectivity index (χ4v) is 5.12. The molecule has 0 saturated carbocycles. The minimum absolute atomic E-state index is 0.137. The van der Waals surface area contributed by atoms with Crippen LogP contribution in [0.3, 0.4) is 0 Å². The zero-order chi connectivity index (χ0) is 28.4. The van der Waals surface area contributed by atoms with Crippen LogP contribution in [0.4, 0.5) is 5.69 Å². The van der Waals surface area contributed by atoms with Crippen LogP contribution in [-0.2, 0) is 32.6 Å². The zero-order valence-corrected chi connectivity index (χ0v) is 23.8. The number of benzene rings is 3. The molecule has 0 aliphatic heterocycles. The van der Waals surface area contributed by atoms with Gasteiger partial charge in [0.25, 0.3) is 0 Å². The van der Waals surface area contributed by atoms with Gasteiger partial charge in [0.15, 0.2) is 0 Å². The first kappa shape index (κ1) is 29.7. The highest BCUT2D eigenvalue weighted by Gasteiger charge is 2.33. The molecule has 0 aliphatic rings. The Hall–Kier alpha value is -3.85. The minimum atomic E-state index is -3.88. The van der Waals surface area contributed by atoms with E-state index >= 15 is 0 Å². The van der Waals surface area contributed by atoms with Crippen LogP contribution < -0.4 is 14.4 Å². The summed E-state index contributed by atoms with van der Waals surface area (Å²) in [4.78, 5) is 28.9. The quantitative estimate of drug-likeness (QED) is 0.347. The highest BCUT2D eigenvalue weighted by molar-refractivity contribution is 7.92. The van der Waals surface area contributed by atoms with E-state index in [2.05, 4.69) is 5.32 Å². The number of nitrogens with one attached hydrogen (secondary N) is 1. The molecule has 3 aromatic carbocycles. The van der Waals surface area contributed by atoms with Crippen molar-refractivity contribution in [1.82, 2.24) is 10.2 Å². The molecule has 0 bridgehead atoms. The van der Waals surface area contributed by atoms with E-state index in [9.17, 15) is 18.0 Å². The Labute approximate surface area is 231 Å². The molecule has 0 aliphatic carbocycles. The molecule has 0 unspecified atom stereocenters. The van der Waals surface area contributed by atoms with Crippen molar-refractivity contribution in [3.63, 3.8) is 0 Å². The van der Waals surface area contributed by atoms with Gasteiger partial charge in [-0.15, -0.1) is 0 Å². The normalized spacial score (nSPS) is 11.9. The van der Waals surface area contributed by atoms with Crippen LogP contribution in [0.2, 0.25) is 0 Å². The van der Waals surface area contributed by atoms with Gasteiger partial charge < -0.3 is 15.0 Å². The molecule has 1 N–H and O–H groups in total. The Bertz CT molecular complexity index is 1340. The number of hydrogen-bond donors (Lipinski definition) is 1. The van der Waals surface area contributed by atoms with Crippen molar-refractivity contribution in [3.8, 4) is 5.75 Å². The van der Waals surface area contributed by atoms with Crippen LogP contribution in [0.1, 0.15) is 30.5 Å². The van der Waals surface area contributed by atoms with E-state index in [1.54, 1.807) is 31.2 Å². The van der Waals surface area contributed by atoms with Crippen LogP contribution >= 0.6 is 0 Å². The largest absolute Gasteiger partial charge is 0.492 e. The highest BCUT2D eigenvalue weighted by Crippen LogP contribution is 2.30. The lowest BCUT2D eigenvalue weighted by atomic mass is 10.0. The number of amides is 2. The second-order valence-corrected chi connectivity index (χ2v) is 11.2. The summed E-state index contributed by atoms with van der Waals surface area (Å²) in [6, 6.07) is 23.0. The standard InChI is InChI=1S/C30H37N3O5S/c1-5-31-30(35)27(20-24-12-8-7-9-13-24)32(21-25-18-16-23(3)17-19-25)29(34)22-33(39(4,36)37)26-14-10-11-15-28(26)38-6-2/h7-19,27H,5-6,20-22H2,1-4H3,(H,31,35)/t27-/m0/s1. The number of likely N-dealkylation sites (N-methyl/N-ethyl adjacent to an activating group) is 1. The molecule has 9 heteroatoms. The fourth-order valence-electron chi connectivity index (χ4n) is 4.27. The average Bonchev–Trinajstić information content (AvgIpc) is 2.91. The third-order valence-electron chi connectivity index (χ3n) is 6.21. The number of hydrogen-bond acceptors (Lipinski definition) is 5. The fraction of sp³-hybridized carbons (Fsp3) is 0.333. The van der Waals surface area contributed by atoms with Gasteiger partial charge in [0.2, 0.25) is 21.8 Å². The molecule has 2 amide bonds. The third kappa shape index (κ3) is 8.32. The second kappa shape index (κ2) is 13.8. The Morgan fingerprint density at radius 3 is 2.15 bits per heavy atom. The lowest BCUT2D eigenvalue weighted by molar-refractivity contribution is -0.140. The lowest BCUT2D eigenvalue weighted by Gasteiger charge is -2.33. The van der Waals surface area contributed by atoms with Gasteiger partial charge in [-0.1, -0.05) is 72.3 Å². The van der Waals surface area contributed by atoms with Crippen LogP contribution in [0, 0.1) is 6.92 Å². The maximum absolute atomic E-state index is 14.1. The molecular formula is C30H37N3O5S. The molecule has 0 spiro atoms. The number of rotatable bonds is 13. The molecular weight excluding hydrogens is 514 g/mol. The molecule has 0 radical (unpaired) electrons. The van der Waals surface area contributed by atoms with Crippen LogP contribution in [0.5, 0.6) is 5.75 Å². The molecule has 0 heterocycles. The van der Waals surface area contributed by atoms with Crippen molar-refractivity contribution < 1.29 is 22.7 Å². The van der Waals surface area contributed by atoms with Gasteiger partial charge in [-0.25, -0.2) is 8.42 Å². The average molecular weight is 552 g/mol. The SMILES string of the molecule is CCNC(=O)[C@H](Cc1ccccc1)N(Cc1ccc(C)cc1)C(=O)CN(c1ccccc1OCC)S(C)(=O)=O. The van der Waals surface area contributed by atoms with Crippen molar-refractivity contribution in [2.75, 3.05) is 30.3 Å². The maximum atomic E-state index is 14.1. The van der Waals surface area contributed by atoms with E-state index in [0.717, 1.165) is 27.3 Å². The molecule has 3 rings (SSSR count). The van der Waals surface area contributed by atoms with E-state index in [1.165, 1.54) is 4.90 Å². The number of ether oxygens (including phenoxy) is 1. The number of aryl methyl sites for hydroxylation is 1. The van der Waals surface area contributed by atoms with Crippen LogP contribution in [0.15, 0.2) is 78.9 Å². The van der Waals surface area contributed by atoms with Gasteiger partial charge in [0, 0.05) is 19.5 Å². The Balaban J connectivity index is 2.05. The van der Waals surface area contributed by atoms with Crippen molar-refractivity contribution in [2.24, 2.45) is 0 Å². The van der Waals surface area contributed by atoms with Crippen molar-refractivity contribution >= 4 is 27.5 Å². The molecule has 3 aromatic rings. The molecule has 8 nitrogen and oxygen atoms in total. The summed E-state index contributed by atoms with van der Waals surface area (Å²) < 4.78 is 32.6. The van der Waals surface area contributed by atoms with Crippen molar-refractivity contribution in [2.45, 2.75) is 39.8 Å². The summed E-state index contributed by atoms with van der Waals surface area (Å²) in [5.74, 6) is -0.449. The molecule has 0 aromatic heterocycles. The predicted molar refractivity (Wildman–Crippen MR) is 154 cm³/mol. The van der Waals surface area contributed by atoms with Gasteiger partial charge in [-0.2, -0.15) is 0 Å². The number of sulfonamides is 1. The summed E-state index contributed by atoms with van der Waals surface area (Å²) in [5, 5.41) is 2.85. The molecule has 0 saturated heterocycles. The molecule has 0 fully saturated rings. The first-order chi connectivity index (χ1) is 18.6. The summed E-state index contributed by atoms with van der Waals surface area (Å²) in [6.07, 6.45) is 1.33. The zero-order valence-electron chi connectivity index (χ0n) is 23.0. The number of para-hydroxylation sites is 2. The number of anilines is 1. The maximum Gasteiger partial charge on any atom is 0.244 e. The van der Waals surface area contributed by atoms with Gasteiger partial charge in [0.05, 0.1) is 18.6 Å². The highest BCUT2D eigenvalue weighted by atomic mass is 32.2. The lowest BCUT2D eigenvalue weighted by Crippen LogP contribution is -2.53. The third-order valence-corrected chi connectivity index (χ3v) is 7.34. The van der Waals surface area contributed by atoms with Gasteiger partial charge in [-0.05, 0) is 44.0 Å². The first-order valence-electron chi connectivity index (χ1n) is 13.0. The first-order valence-corrected chi connectivity index (χ1v) is 14.8. The summed E-state index contributed by atoms with van der Waals surface area (Å²) in [7, 11) is -3.88. The summed E-state index contributed by atoms with van der Waals surface area (Å²) in [6.45, 7) is 5.97. The van der Waals surface area contributed by atoms with E-state index in [4.69, 9.17) is 4.74 Å². The molecule has 1 atom stereocenters. The number of carbonyl (C=O) groups is 2. The Kier molecular flexibility index (Phi) is 10.5. The Morgan fingerprint density at radius 1 is 0.897 bits per heavy atom. The van der Waals surface area contributed by atoms with Crippen LogP contribution in [-0.4, -0.2) is 57.1 Å². The number of nitrogens with zero attached hydrogens (tertiary/aromatic N) is 2. The van der Waals surface area contributed by atoms with E-state index in [1.807, 2.05) is 68.4 Å². The number of carbonyl (C=O) groups excluding carboxylic acids is 2. The smallest absolute Gasteiger partial charge is 0.244 e. The van der Waals surface area contributed by atoms with Gasteiger partial charge in [-0.3, -0.25) is 13.9 Å². The predicted octanol–water partition coefficient (Wildman–Crippen LogP) is 3.94. The Morgan fingerprint density at radius 2 is 1.54 bits per heavy atom. The molecule has 208 valence electrons. The summed E-state index contributed by atoms with van der Waals surface area (Å²) in [5.41, 5.74) is 3.05. The van der Waals surface area contributed by atoms with Gasteiger partial charge >= 0.3 is 0 Å². The minimum Gasteiger partial charge on any atom is -0.492 e. The van der Waals surface area contributed by atoms with E-state index < -0.39 is 28.5 Å². The van der Waals surface area contributed by atoms with Crippen LogP contribution in [0.25, 0.3) is 0 Å². The summed E-state index contributed by atoms with van der Waals surface area (Å²) >= 11 is 0.